The predicted molar refractivity (Wildman–Crippen MR) is 142 cm³/mol. The molecule has 0 spiro atoms. The zero-order valence-electron chi connectivity index (χ0n) is 21.5. The van der Waals surface area contributed by atoms with Gasteiger partial charge in [0.15, 0.2) is 5.96 Å². The van der Waals surface area contributed by atoms with Crippen LogP contribution in [-0.4, -0.2) is 84.0 Å². The van der Waals surface area contributed by atoms with E-state index in [1.54, 1.807) is 13.8 Å². The number of hydrogen-bond acceptors (Lipinski definition) is 8. The van der Waals surface area contributed by atoms with Gasteiger partial charge in [0.1, 0.15) is 18.1 Å². The highest BCUT2D eigenvalue weighted by Crippen LogP contribution is 2.08. The van der Waals surface area contributed by atoms with Gasteiger partial charge in [-0.25, -0.2) is 4.79 Å². The molecule has 0 aliphatic carbocycles. The molecule has 0 aromatic carbocycles. The van der Waals surface area contributed by atoms with Crippen LogP contribution in [0, 0.1) is 5.92 Å². The number of carbonyl (C=O) groups is 4. The van der Waals surface area contributed by atoms with E-state index in [1.807, 2.05) is 6.26 Å². The molecular formula is C22H44N8O5S. The number of thioether (sulfide) groups is 1. The highest BCUT2D eigenvalue weighted by molar-refractivity contribution is 7.98. The van der Waals surface area contributed by atoms with Gasteiger partial charge in [0.05, 0.1) is 6.04 Å². The molecule has 0 saturated carbocycles. The van der Waals surface area contributed by atoms with Crippen molar-refractivity contribution in [1.29, 1.82) is 0 Å². The number of rotatable bonds is 19. The van der Waals surface area contributed by atoms with E-state index in [2.05, 4.69) is 20.9 Å². The largest absolute Gasteiger partial charge is 0.480 e. The third kappa shape index (κ3) is 14.1. The lowest BCUT2D eigenvalue weighted by atomic mass is 10.0. The first-order valence-electron chi connectivity index (χ1n) is 12.1. The summed E-state index contributed by atoms with van der Waals surface area (Å²) in [7, 11) is 0. The zero-order valence-corrected chi connectivity index (χ0v) is 22.3. The van der Waals surface area contributed by atoms with Crippen molar-refractivity contribution >= 4 is 41.4 Å². The van der Waals surface area contributed by atoms with Crippen LogP contribution < -0.4 is 38.9 Å². The Balaban J connectivity index is 5.52. The highest BCUT2D eigenvalue weighted by atomic mass is 32.2. The third-order valence-corrected chi connectivity index (χ3v) is 6.05. The molecule has 3 amide bonds. The van der Waals surface area contributed by atoms with Gasteiger partial charge in [-0.15, -0.1) is 0 Å². The van der Waals surface area contributed by atoms with E-state index in [4.69, 9.17) is 22.9 Å². The Kier molecular flexibility index (Phi) is 17.3. The SMILES string of the molecule is CSCCC(NC(=O)C(CCCN=C(N)N)NC(=O)C(N)C(C)C)C(=O)NC(CCCCN)C(=O)O. The fourth-order valence-corrected chi connectivity index (χ4v) is 3.61. The molecular weight excluding hydrogens is 488 g/mol. The number of amides is 3. The molecule has 0 bridgehead atoms. The molecule has 12 N–H and O–H groups in total. The molecule has 0 radical (unpaired) electrons. The second-order valence-corrected chi connectivity index (χ2v) is 9.79. The summed E-state index contributed by atoms with van der Waals surface area (Å²) >= 11 is 1.48. The minimum absolute atomic E-state index is 0.0879. The van der Waals surface area contributed by atoms with Gasteiger partial charge in [-0.2, -0.15) is 11.8 Å². The Morgan fingerprint density at radius 2 is 1.39 bits per heavy atom. The summed E-state index contributed by atoms with van der Waals surface area (Å²) in [5.74, 6) is -2.55. The van der Waals surface area contributed by atoms with Crippen LogP contribution in [0.3, 0.4) is 0 Å². The first kappa shape index (κ1) is 33.4. The number of carbonyl (C=O) groups excluding carboxylic acids is 3. The minimum Gasteiger partial charge on any atom is -0.480 e. The normalized spacial score (nSPS) is 14.3. The van der Waals surface area contributed by atoms with Gasteiger partial charge >= 0.3 is 5.97 Å². The van der Waals surface area contributed by atoms with E-state index in [-0.39, 0.29) is 37.7 Å². The topological polar surface area (TPSA) is 241 Å². The van der Waals surface area contributed by atoms with Crippen LogP contribution >= 0.6 is 11.8 Å². The van der Waals surface area contributed by atoms with Crippen molar-refractivity contribution < 1.29 is 24.3 Å². The molecule has 0 aromatic rings. The minimum atomic E-state index is -1.16. The van der Waals surface area contributed by atoms with Gasteiger partial charge in [0, 0.05) is 6.54 Å². The van der Waals surface area contributed by atoms with Crippen molar-refractivity contribution in [3.63, 3.8) is 0 Å². The number of nitrogens with two attached hydrogens (primary N) is 4. The van der Waals surface area contributed by atoms with Crippen LogP contribution in [0.1, 0.15) is 52.4 Å². The molecule has 0 aromatic heterocycles. The molecule has 4 unspecified atom stereocenters. The summed E-state index contributed by atoms with van der Waals surface area (Å²) in [5, 5.41) is 17.3. The van der Waals surface area contributed by atoms with E-state index in [0.29, 0.717) is 31.6 Å². The molecule has 4 atom stereocenters. The van der Waals surface area contributed by atoms with Crippen LogP contribution in [0.5, 0.6) is 0 Å². The fraction of sp³-hybridized carbons (Fsp3) is 0.773. The first-order valence-corrected chi connectivity index (χ1v) is 13.5. The lowest BCUT2D eigenvalue weighted by molar-refractivity contribution is -0.142. The Morgan fingerprint density at radius 3 is 1.89 bits per heavy atom. The van der Waals surface area contributed by atoms with Gasteiger partial charge in [-0.1, -0.05) is 13.8 Å². The van der Waals surface area contributed by atoms with Crippen molar-refractivity contribution in [3.8, 4) is 0 Å². The molecule has 0 heterocycles. The van der Waals surface area contributed by atoms with Crippen LogP contribution in [0.4, 0.5) is 0 Å². The summed E-state index contributed by atoms with van der Waals surface area (Å²) in [6.45, 7) is 4.24. The van der Waals surface area contributed by atoms with Gasteiger partial charge in [0.25, 0.3) is 0 Å². The Bertz CT molecular complexity index is 733. The monoisotopic (exact) mass is 532 g/mol. The number of nitrogens with one attached hydrogen (secondary N) is 3. The van der Waals surface area contributed by atoms with Crippen molar-refractivity contribution in [1.82, 2.24) is 16.0 Å². The number of unbranched alkanes of at least 4 members (excludes halogenated alkanes) is 1. The standard InChI is InChI=1S/C22H44N8O5S/c1-13(2)17(24)20(33)29-14(8-6-11-27-22(25)26)18(31)28-15(9-12-36-3)19(32)30-16(21(34)35)7-4-5-10-23/h13-17H,4-12,23-24H2,1-3H3,(H,28,31)(H,29,33)(H,30,32)(H,34,35)(H4,25,26,27). The number of carboxylic acids is 1. The molecule has 36 heavy (non-hydrogen) atoms. The first-order chi connectivity index (χ1) is 16.9. The molecule has 0 rings (SSSR count). The smallest absolute Gasteiger partial charge is 0.326 e. The zero-order chi connectivity index (χ0) is 27.7. The second-order valence-electron chi connectivity index (χ2n) is 8.81. The van der Waals surface area contributed by atoms with E-state index in [0.717, 1.165) is 0 Å². The van der Waals surface area contributed by atoms with E-state index in [9.17, 15) is 24.3 Å². The van der Waals surface area contributed by atoms with Crippen LogP contribution in [0.25, 0.3) is 0 Å². The average molecular weight is 533 g/mol. The summed E-state index contributed by atoms with van der Waals surface area (Å²) in [6, 6.07) is -3.90. The van der Waals surface area contributed by atoms with Gasteiger partial charge in [-0.3, -0.25) is 19.4 Å². The molecule has 208 valence electrons. The maximum Gasteiger partial charge on any atom is 0.326 e. The maximum atomic E-state index is 13.1. The van der Waals surface area contributed by atoms with Crippen molar-refractivity contribution in [2.75, 3.05) is 25.1 Å². The molecule has 14 heteroatoms. The molecule has 0 aliphatic rings. The number of carboxylic acid groups (broad SMARTS) is 1. The fourth-order valence-electron chi connectivity index (χ4n) is 3.14. The van der Waals surface area contributed by atoms with Crippen molar-refractivity contribution in [3.05, 3.63) is 0 Å². The van der Waals surface area contributed by atoms with Crippen molar-refractivity contribution in [2.45, 2.75) is 76.5 Å². The average Bonchev–Trinajstić information content (AvgIpc) is 2.81. The summed E-state index contributed by atoms with van der Waals surface area (Å²) in [5.41, 5.74) is 22.1. The van der Waals surface area contributed by atoms with E-state index in [1.165, 1.54) is 11.8 Å². The number of hydrogen-bond donors (Lipinski definition) is 8. The number of nitrogens with zero attached hydrogens (tertiary/aromatic N) is 1. The van der Waals surface area contributed by atoms with Crippen LogP contribution in [0.15, 0.2) is 4.99 Å². The predicted octanol–water partition coefficient (Wildman–Crippen LogP) is -1.56. The summed E-state index contributed by atoms with van der Waals surface area (Å²) in [4.78, 5) is 54.1. The molecule has 0 fully saturated rings. The summed E-state index contributed by atoms with van der Waals surface area (Å²) in [6.07, 6.45) is 4.10. The van der Waals surface area contributed by atoms with Crippen LogP contribution in [-0.2, 0) is 19.2 Å². The second kappa shape index (κ2) is 18.7. The lowest BCUT2D eigenvalue weighted by Crippen LogP contribution is -2.57. The maximum absolute atomic E-state index is 13.1. The Morgan fingerprint density at radius 1 is 0.861 bits per heavy atom. The highest BCUT2D eigenvalue weighted by Gasteiger charge is 2.30. The van der Waals surface area contributed by atoms with E-state index < -0.39 is 47.9 Å². The number of aliphatic imine (C=N–C) groups is 1. The Hall–Kier alpha value is -2.58. The van der Waals surface area contributed by atoms with Crippen molar-refractivity contribution in [2.24, 2.45) is 33.8 Å². The van der Waals surface area contributed by atoms with Gasteiger partial charge in [-0.05, 0) is 63.0 Å². The molecule has 0 aliphatic heterocycles. The molecule has 13 nitrogen and oxygen atoms in total. The molecule has 0 saturated heterocycles. The lowest BCUT2D eigenvalue weighted by Gasteiger charge is -2.25. The van der Waals surface area contributed by atoms with Crippen LogP contribution in [0.2, 0.25) is 0 Å². The van der Waals surface area contributed by atoms with E-state index >= 15 is 0 Å². The third-order valence-electron chi connectivity index (χ3n) is 5.40. The number of aliphatic carboxylic acids is 1. The van der Waals surface area contributed by atoms with Gasteiger partial charge in [0.2, 0.25) is 17.7 Å². The quantitative estimate of drug-likeness (QED) is 0.0540. The Labute approximate surface area is 217 Å². The summed E-state index contributed by atoms with van der Waals surface area (Å²) < 4.78 is 0. The number of guanidine groups is 1. The van der Waals surface area contributed by atoms with Gasteiger partial charge < -0.3 is 44.0 Å².